The van der Waals surface area contributed by atoms with E-state index < -0.39 is 18.6 Å². The number of hydrogen-bond donors (Lipinski definition) is 1. The van der Waals surface area contributed by atoms with Crippen molar-refractivity contribution in [2.24, 2.45) is 4.99 Å². The number of benzene rings is 2. The third kappa shape index (κ3) is 5.66. The van der Waals surface area contributed by atoms with Crippen molar-refractivity contribution in [1.82, 2.24) is 14.8 Å². The summed E-state index contributed by atoms with van der Waals surface area (Å²) in [6, 6.07) is 16.0. The second-order valence-electron chi connectivity index (χ2n) is 8.41. The van der Waals surface area contributed by atoms with Gasteiger partial charge in [0, 0.05) is 30.6 Å². The topological polar surface area (TPSA) is 95.4 Å². The fraction of sp³-hybridized carbons (Fsp3) is 0.286. The minimum absolute atomic E-state index is 0.00142. The summed E-state index contributed by atoms with van der Waals surface area (Å²) in [6.07, 6.45) is 1.30. The Kier molecular flexibility index (Phi) is 7.91. The summed E-state index contributed by atoms with van der Waals surface area (Å²) in [4.78, 5) is 22.2. The zero-order valence-electron chi connectivity index (χ0n) is 21.0. The van der Waals surface area contributed by atoms with E-state index in [1.54, 1.807) is 37.5 Å². The lowest BCUT2D eigenvalue weighted by atomic mass is 10.0. The first-order valence-corrected chi connectivity index (χ1v) is 12.2. The number of nitrogen functional groups attached to an aromatic ring is 1. The molecule has 1 fully saturated rings. The second-order valence-corrected chi connectivity index (χ2v) is 8.41. The van der Waals surface area contributed by atoms with E-state index in [2.05, 4.69) is 15.1 Å². The van der Waals surface area contributed by atoms with Crippen molar-refractivity contribution in [1.29, 1.82) is 0 Å². The smallest absolute Gasteiger partial charge is 0.281 e. The van der Waals surface area contributed by atoms with Crippen LogP contribution in [-0.2, 0) is 0 Å². The molecule has 9 heteroatoms. The Balaban J connectivity index is 0.00000156. The highest BCUT2D eigenvalue weighted by Gasteiger charge is 2.24. The average molecular weight is 506 g/mol. The van der Waals surface area contributed by atoms with Crippen LogP contribution in [0.25, 0.3) is 27.8 Å². The number of alkyl halides is 2. The predicted molar refractivity (Wildman–Crippen MR) is 143 cm³/mol. The van der Waals surface area contributed by atoms with Crippen LogP contribution in [0.4, 0.5) is 14.5 Å². The molecule has 0 amide bonds. The monoisotopic (exact) mass is 505 g/mol. The maximum absolute atomic E-state index is 13.8. The summed E-state index contributed by atoms with van der Waals surface area (Å²) in [6.45, 7) is 3.21. The fourth-order valence-corrected chi connectivity index (χ4v) is 4.01. The molecular weight excluding hydrogens is 476 g/mol. The van der Waals surface area contributed by atoms with Crippen molar-refractivity contribution in [3.8, 4) is 22.7 Å². The zero-order valence-corrected chi connectivity index (χ0v) is 21.0. The molecular formula is C28H29F2N5O2. The van der Waals surface area contributed by atoms with E-state index >= 15 is 0 Å². The molecule has 37 heavy (non-hydrogen) atoms. The Hall–Kier alpha value is -4.14. The number of aliphatic imine (C=N–C) groups is 1. The fourth-order valence-electron chi connectivity index (χ4n) is 4.01. The van der Waals surface area contributed by atoms with Crippen molar-refractivity contribution < 1.29 is 13.5 Å². The van der Waals surface area contributed by atoms with E-state index in [9.17, 15) is 13.6 Å². The van der Waals surface area contributed by atoms with Crippen LogP contribution in [0.2, 0.25) is 0 Å². The largest absolute Gasteiger partial charge is 0.472 e. The van der Waals surface area contributed by atoms with Gasteiger partial charge in [0.2, 0.25) is 5.88 Å². The molecule has 2 aromatic heterocycles. The third-order valence-electron chi connectivity index (χ3n) is 5.89. The minimum Gasteiger partial charge on any atom is -0.472 e. The van der Waals surface area contributed by atoms with Gasteiger partial charge in [-0.25, -0.2) is 13.8 Å². The van der Waals surface area contributed by atoms with Crippen LogP contribution < -0.4 is 16.0 Å². The van der Waals surface area contributed by atoms with Crippen molar-refractivity contribution in [2.75, 3.05) is 19.4 Å². The summed E-state index contributed by atoms with van der Waals surface area (Å²) in [5, 5.41) is 4.51. The molecule has 0 aliphatic heterocycles. The number of fused-ring (bicyclic) bond motifs is 1. The summed E-state index contributed by atoms with van der Waals surface area (Å²) in [5.74, 6) is 0.567. The van der Waals surface area contributed by atoms with Gasteiger partial charge in [-0.1, -0.05) is 38.1 Å². The third-order valence-corrected chi connectivity index (χ3v) is 5.89. The Morgan fingerprint density at radius 1 is 1.14 bits per heavy atom. The first-order valence-electron chi connectivity index (χ1n) is 12.2. The standard InChI is InChI=1S/C26H23F2N5O2.C2H6/c1-30-13-18-12-19(8-9-20(18)29)33-26(34)24(17-6-4-16(5-7-17)15-2-3-15)25-21(32-33)10-11-23(31-25)35-14-22(27)28;1-2/h4-13,15,22H,2-3,14,29H2,1H3;1-2H3. The van der Waals surface area contributed by atoms with Gasteiger partial charge in [0.15, 0.2) is 6.61 Å². The lowest BCUT2D eigenvalue weighted by Gasteiger charge is -2.13. The highest BCUT2D eigenvalue weighted by Crippen LogP contribution is 2.40. The van der Waals surface area contributed by atoms with Crippen molar-refractivity contribution in [2.45, 2.75) is 39.0 Å². The lowest BCUT2D eigenvalue weighted by molar-refractivity contribution is 0.0798. The first-order chi connectivity index (χ1) is 17.9. The maximum Gasteiger partial charge on any atom is 0.281 e. The molecule has 2 heterocycles. The van der Waals surface area contributed by atoms with Crippen LogP contribution in [-0.4, -0.2) is 41.1 Å². The Morgan fingerprint density at radius 2 is 1.86 bits per heavy atom. The molecule has 0 spiro atoms. The van der Waals surface area contributed by atoms with Gasteiger partial charge in [0.05, 0.1) is 11.3 Å². The highest BCUT2D eigenvalue weighted by atomic mass is 19.3. The molecule has 7 nitrogen and oxygen atoms in total. The molecule has 2 aromatic carbocycles. The van der Waals surface area contributed by atoms with Crippen LogP contribution in [0, 0.1) is 0 Å². The van der Waals surface area contributed by atoms with Gasteiger partial charge in [-0.15, -0.1) is 0 Å². The minimum atomic E-state index is -2.64. The summed E-state index contributed by atoms with van der Waals surface area (Å²) in [5.41, 5.74) is 10.2. The average Bonchev–Trinajstić information content (AvgIpc) is 3.76. The number of hydrogen-bond acceptors (Lipinski definition) is 6. The van der Waals surface area contributed by atoms with E-state index in [-0.39, 0.29) is 11.4 Å². The summed E-state index contributed by atoms with van der Waals surface area (Å²) < 4.78 is 31.7. The Morgan fingerprint density at radius 3 is 2.51 bits per heavy atom. The number of pyridine rings is 1. The molecule has 5 rings (SSSR count). The number of nitrogens with two attached hydrogens (primary N) is 1. The lowest BCUT2D eigenvalue weighted by Crippen LogP contribution is -2.24. The maximum atomic E-state index is 13.8. The van der Waals surface area contributed by atoms with Crippen LogP contribution in [0.15, 0.2) is 64.4 Å². The van der Waals surface area contributed by atoms with E-state index in [1.165, 1.54) is 16.3 Å². The van der Waals surface area contributed by atoms with Gasteiger partial charge >= 0.3 is 0 Å². The van der Waals surface area contributed by atoms with Gasteiger partial charge in [-0.2, -0.15) is 9.78 Å². The molecule has 0 unspecified atom stereocenters. The first kappa shape index (κ1) is 25.9. The van der Waals surface area contributed by atoms with E-state index in [4.69, 9.17) is 10.5 Å². The van der Waals surface area contributed by atoms with Crippen molar-refractivity contribution >= 4 is 22.9 Å². The predicted octanol–water partition coefficient (Wildman–Crippen LogP) is 5.63. The van der Waals surface area contributed by atoms with Gasteiger partial charge < -0.3 is 10.5 Å². The van der Waals surface area contributed by atoms with Gasteiger partial charge in [-0.05, 0) is 54.2 Å². The molecule has 0 atom stereocenters. The molecule has 0 bridgehead atoms. The molecule has 4 aromatic rings. The number of anilines is 1. The van der Waals surface area contributed by atoms with Gasteiger partial charge in [-0.3, -0.25) is 9.79 Å². The van der Waals surface area contributed by atoms with E-state index in [0.29, 0.717) is 39.5 Å². The molecule has 1 saturated carbocycles. The SMILES string of the molecule is CC.CN=Cc1cc(-n2nc3ccc(OCC(F)F)nc3c(-c3ccc(C4CC4)cc3)c2=O)ccc1N. The molecule has 1 aliphatic rings. The van der Waals surface area contributed by atoms with Crippen LogP contribution in [0.3, 0.4) is 0 Å². The van der Waals surface area contributed by atoms with E-state index in [0.717, 1.165) is 12.8 Å². The zero-order chi connectivity index (χ0) is 26.5. The van der Waals surface area contributed by atoms with E-state index in [1.807, 2.05) is 38.1 Å². The Bertz CT molecular complexity index is 1480. The molecule has 0 saturated heterocycles. The van der Waals surface area contributed by atoms with Crippen LogP contribution >= 0.6 is 0 Å². The van der Waals surface area contributed by atoms with Crippen molar-refractivity contribution in [3.05, 3.63) is 76.1 Å². The van der Waals surface area contributed by atoms with Crippen molar-refractivity contribution in [3.63, 3.8) is 0 Å². The Labute approximate surface area is 213 Å². The number of halogens is 2. The normalized spacial score (nSPS) is 13.1. The van der Waals surface area contributed by atoms with Gasteiger partial charge in [0.1, 0.15) is 11.0 Å². The highest BCUT2D eigenvalue weighted by molar-refractivity contribution is 5.91. The summed E-state index contributed by atoms with van der Waals surface area (Å²) in [7, 11) is 1.63. The molecule has 192 valence electrons. The number of aromatic nitrogens is 3. The number of rotatable bonds is 7. The second kappa shape index (κ2) is 11.3. The van der Waals surface area contributed by atoms with Crippen LogP contribution in [0.1, 0.15) is 43.7 Å². The van der Waals surface area contributed by atoms with Gasteiger partial charge in [0.25, 0.3) is 12.0 Å². The van der Waals surface area contributed by atoms with Crippen LogP contribution in [0.5, 0.6) is 5.88 Å². The summed E-state index contributed by atoms with van der Waals surface area (Å²) >= 11 is 0. The quantitative estimate of drug-likeness (QED) is 0.260. The molecule has 2 N–H and O–H groups in total. The molecule has 0 radical (unpaired) electrons. The number of ether oxygens (including phenoxy) is 1. The number of nitrogens with zero attached hydrogens (tertiary/aromatic N) is 4. The molecule has 1 aliphatic carbocycles.